The zero-order valence-electron chi connectivity index (χ0n) is 33.6. The van der Waals surface area contributed by atoms with Gasteiger partial charge in [-0.2, -0.15) is 0 Å². The van der Waals surface area contributed by atoms with E-state index in [1.807, 2.05) is 123 Å². The summed E-state index contributed by atoms with van der Waals surface area (Å²) in [6.07, 6.45) is 0.349. The molecular formula is C48H50NO6PSi. The number of hydrogen-bond acceptors (Lipinski definition) is 7. The van der Waals surface area contributed by atoms with Gasteiger partial charge in [-0.15, -0.1) is 0 Å². The van der Waals surface area contributed by atoms with Gasteiger partial charge in [0.25, 0.3) is 0 Å². The first-order chi connectivity index (χ1) is 27.3. The molecular weight excluding hydrogens is 746 g/mol. The van der Waals surface area contributed by atoms with Gasteiger partial charge in [-0.05, 0) is 84.6 Å². The lowest BCUT2D eigenvalue weighted by molar-refractivity contribution is -0.175. The molecule has 6 aromatic rings. The maximum atomic E-state index is 7.60. The molecule has 2 unspecified atom stereocenters. The van der Waals surface area contributed by atoms with E-state index in [0.29, 0.717) is 5.75 Å². The number of hydrogen-bond donors (Lipinski definition) is 0. The van der Waals surface area contributed by atoms with E-state index >= 15 is 0 Å². The third-order valence-corrected chi connectivity index (χ3v) is 17.0. The largest absolute Gasteiger partial charge is 0.543 e. The van der Waals surface area contributed by atoms with Crippen molar-refractivity contribution in [1.82, 2.24) is 4.98 Å². The van der Waals surface area contributed by atoms with Gasteiger partial charge < -0.3 is 18.4 Å². The minimum Gasteiger partial charge on any atom is -0.543 e. The fourth-order valence-electron chi connectivity index (χ4n) is 7.60. The Hall–Kier alpha value is -4.66. The van der Waals surface area contributed by atoms with Crippen molar-refractivity contribution >= 4 is 16.9 Å². The molecule has 3 heterocycles. The summed E-state index contributed by atoms with van der Waals surface area (Å²) in [6, 6.07) is 52.7. The van der Waals surface area contributed by atoms with Crippen LogP contribution in [0.4, 0.5) is 0 Å². The molecule has 0 saturated carbocycles. The van der Waals surface area contributed by atoms with Crippen LogP contribution in [-0.2, 0) is 29.7 Å². The first kappa shape index (κ1) is 39.2. The maximum Gasteiger partial charge on any atom is 0.399 e. The number of nitrogens with zero attached hydrogens (tertiary/aromatic N) is 1. The number of pyridine rings is 1. The molecule has 0 bridgehead atoms. The maximum absolute atomic E-state index is 7.60. The second-order valence-corrected chi connectivity index (χ2v) is 22.4. The summed E-state index contributed by atoms with van der Waals surface area (Å²) in [5.41, 5.74) is 2.51. The molecule has 2 saturated heterocycles. The third kappa shape index (κ3) is 7.36. The Labute approximate surface area is 339 Å². The van der Waals surface area contributed by atoms with E-state index in [0.717, 1.165) is 39.3 Å². The van der Waals surface area contributed by atoms with Gasteiger partial charge in [0, 0.05) is 11.8 Å². The van der Waals surface area contributed by atoms with Crippen molar-refractivity contribution in [3.05, 3.63) is 186 Å². The lowest BCUT2D eigenvalue weighted by Gasteiger charge is -2.41. The predicted molar refractivity (Wildman–Crippen MR) is 228 cm³/mol. The molecule has 8 rings (SSSR count). The van der Waals surface area contributed by atoms with Crippen molar-refractivity contribution in [3.63, 3.8) is 0 Å². The van der Waals surface area contributed by atoms with Gasteiger partial charge in [-0.1, -0.05) is 148 Å². The lowest BCUT2D eigenvalue weighted by atomic mass is 9.72. The van der Waals surface area contributed by atoms with E-state index in [4.69, 9.17) is 32.5 Å². The van der Waals surface area contributed by atoms with Crippen LogP contribution in [0.15, 0.2) is 164 Å². The lowest BCUT2D eigenvalue weighted by Crippen LogP contribution is -2.53. The Morgan fingerprint density at radius 1 is 0.596 bits per heavy atom. The Morgan fingerprint density at radius 2 is 1.04 bits per heavy atom. The first-order valence-electron chi connectivity index (χ1n) is 19.5. The topological polar surface area (TPSA) is 68.3 Å². The number of ether oxygens (including phenoxy) is 2. The van der Waals surface area contributed by atoms with Crippen LogP contribution in [0.3, 0.4) is 0 Å². The molecule has 0 N–H and O–H groups in total. The molecule has 292 valence electrons. The average Bonchev–Trinajstić information content (AvgIpc) is 3.50. The number of aromatic nitrogens is 1. The Kier molecular flexibility index (Phi) is 10.5. The second kappa shape index (κ2) is 15.3. The number of fused-ring (bicyclic) bond motifs is 1. The van der Waals surface area contributed by atoms with Crippen molar-refractivity contribution in [3.8, 4) is 22.8 Å². The summed E-state index contributed by atoms with van der Waals surface area (Å²) < 4.78 is 43.5. The Morgan fingerprint density at radius 3 is 1.44 bits per heavy atom. The van der Waals surface area contributed by atoms with Crippen LogP contribution in [0.1, 0.15) is 56.9 Å². The monoisotopic (exact) mass is 795 g/mol. The minimum absolute atomic E-state index is 0.00573. The SMILES string of the molecule is CC1(C)OC2C(O1)C(c1ccccc1)(c1ccccc1)OP(Oc1ccc(O[Si](C)(C)C(C)(C)C)cc1-c1ccccn1)OC2(c1ccccc1)c1ccccc1. The summed E-state index contributed by atoms with van der Waals surface area (Å²) in [6.45, 7) is 15.1. The van der Waals surface area contributed by atoms with E-state index in [2.05, 4.69) is 82.4 Å². The molecule has 9 heteroatoms. The van der Waals surface area contributed by atoms with Gasteiger partial charge in [-0.25, -0.2) is 0 Å². The molecule has 5 aromatic carbocycles. The first-order valence-corrected chi connectivity index (χ1v) is 23.5. The summed E-state index contributed by atoms with van der Waals surface area (Å²) in [5, 5.41) is 0.00573. The number of rotatable bonds is 9. The summed E-state index contributed by atoms with van der Waals surface area (Å²) in [4.78, 5) is 4.78. The van der Waals surface area contributed by atoms with E-state index in [9.17, 15) is 0 Å². The zero-order valence-corrected chi connectivity index (χ0v) is 35.5. The van der Waals surface area contributed by atoms with E-state index in [-0.39, 0.29) is 5.04 Å². The predicted octanol–water partition coefficient (Wildman–Crippen LogP) is 12.2. The van der Waals surface area contributed by atoms with Crippen molar-refractivity contribution in [2.75, 3.05) is 0 Å². The molecule has 2 fully saturated rings. The van der Waals surface area contributed by atoms with Gasteiger partial charge in [-0.3, -0.25) is 14.0 Å². The molecule has 0 spiro atoms. The van der Waals surface area contributed by atoms with Crippen molar-refractivity contribution < 1.29 is 27.5 Å². The summed E-state index contributed by atoms with van der Waals surface area (Å²) in [5.74, 6) is 0.301. The highest BCUT2D eigenvalue weighted by Gasteiger charge is 2.67. The standard InChI is InChI=1S/C48H50NO6PSi/c1-45(2,3)57(6,7)53-39-31-32-42(40(34-39)41-30-20-21-33-49-41)52-56-54-47(35-22-12-8-13-23-35,36-24-14-9-15-25-36)43-44(51-46(4,5)50-43)48(55-56,37-26-16-10-17-27-37)38-28-18-11-19-29-38/h8-34,43-44H,1-7H3. The fourth-order valence-corrected chi connectivity index (χ4v) is 10.2. The van der Waals surface area contributed by atoms with Crippen molar-refractivity contribution in [1.29, 1.82) is 0 Å². The highest BCUT2D eigenvalue weighted by Crippen LogP contribution is 2.65. The molecule has 2 atom stereocenters. The summed E-state index contributed by atoms with van der Waals surface area (Å²) in [7, 11) is -4.47. The van der Waals surface area contributed by atoms with Gasteiger partial charge in [0.1, 0.15) is 23.7 Å². The van der Waals surface area contributed by atoms with Gasteiger partial charge in [0.2, 0.25) is 8.32 Å². The van der Waals surface area contributed by atoms with Crippen LogP contribution in [0, 0.1) is 0 Å². The van der Waals surface area contributed by atoms with E-state index in [1.165, 1.54) is 0 Å². The van der Waals surface area contributed by atoms with Gasteiger partial charge in [0.15, 0.2) is 17.0 Å². The highest BCUT2D eigenvalue weighted by atomic mass is 31.2. The molecule has 2 aliphatic rings. The second-order valence-electron chi connectivity index (χ2n) is 16.6. The molecule has 2 aliphatic heterocycles. The normalized spacial score (nSPS) is 21.2. The third-order valence-electron chi connectivity index (χ3n) is 11.4. The zero-order chi connectivity index (χ0) is 39.9. The molecule has 7 nitrogen and oxygen atoms in total. The molecule has 0 radical (unpaired) electrons. The smallest absolute Gasteiger partial charge is 0.399 e. The Balaban J connectivity index is 1.38. The van der Waals surface area contributed by atoms with Gasteiger partial charge in [0.05, 0.1) is 5.69 Å². The molecule has 0 aliphatic carbocycles. The van der Waals surface area contributed by atoms with Crippen LogP contribution in [0.5, 0.6) is 11.5 Å². The van der Waals surface area contributed by atoms with Crippen LogP contribution < -0.4 is 8.95 Å². The highest BCUT2D eigenvalue weighted by molar-refractivity contribution is 7.42. The van der Waals surface area contributed by atoms with Crippen LogP contribution in [0.25, 0.3) is 11.3 Å². The molecule has 1 aromatic heterocycles. The average molecular weight is 796 g/mol. The van der Waals surface area contributed by atoms with Crippen molar-refractivity contribution in [2.24, 2.45) is 0 Å². The number of benzene rings is 5. The fraction of sp³-hybridized carbons (Fsp3) is 0.271. The minimum atomic E-state index is -2.28. The molecule has 0 amide bonds. The van der Waals surface area contributed by atoms with Crippen molar-refractivity contribution in [2.45, 2.75) is 81.9 Å². The van der Waals surface area contributed by atoms with E-state index in [1.54, 1.807) is 6.20 Å². The van der Waals surface area contributed by atoms with E-state index < -0.39 is 46.1 Å². The van der Waals surface area contributed by atoms with Gasteiger partial charge >= 0.3 is 8.60 Å². The molecule has 57 heavy (non-hydrogen) atoms. The van der Waals surface area contributed by atoms with Crippen LogP contribution >= 0.6 is 8.60 Å². The van der Waals surface area contributed by atoms with Crippen LogP contribution in [-0.4, -0.2) is 31.3 Å². The van der Waals surface area contributed by atoms with Crippen LogP contribution in [0.2, 0.25) is 18.1 Å². The summed E-state index contributed by atoms with van der Waals surface area (Å²) >= 11 is 0. The quantitative estimate of drug-likeness (QED) is 0.107. The Bertz CT molecular complexity index is 2090.